The van der Waals surface area contributed by atoms with Crippen molar-refractivity contribution in [1.29, 1.82) is 0 Å². The summed E-state index contributed by atoms with van der Waals surface area (Å²) in [4.78, 5) is 27.6. The molecule has 0 bridgehead atoms. The number of carbonyl (C=O) groups excluding carboxylic acids is 1. The number of carbonyl (C=O) groups is 2. The maximum Gasteiger partial charge on any atom is 0.323 e. The van der Waals surface area contributed by atoms with Crippen LogP contribution in [-0.4, -0.2) is 21.6 Å². The van der Waals surface area contributed by atoms with Crippen molar-refractivity contribution in [3.8, 4) is 0 Å². The molecule has 1 aromatic carbocycles. The summed E-state index contributed by atoms with van der Waals surface area (Å²) in [6, 6.07) is 7.43. The maximum absolute atomic E-state index is 12.0. The van der Waals surface area contributed by atoms with Gasteiger partial charge in [0, 0.05) is 5.41 Å². The molecule has 1 amide bonds. The van der Waals surface area contributed by atoms with Crippen molar-refractivity contribution in [2.75, 3.05) is 0 Å². The van der Waals surface area contributed by atoms with E-state index in [4.69, 9.17) is 5.11 Å². The first-order valence-corrected chi connectivity index (χ1v) is 7.00. The summed E-state index contributed by atoms with van der Waals surface area (Å²) in [5, 5.41) is 9.02. The zero-order chi connectivity index (χ0) is 14.9. The molecular formula is C14H16N2O3S. The Morgan fingerprint density at radius 1 is 1.30 bits per heavy atom. The topological polar surface area (TPSA) is 71.7 Å². The largest absolute Gasteiger partial charge is 0.480 e. The summed E-state index contributed by atoms with van der Waals surface area (Å²) in [5.41, 5.74) is 0.192. The molecule has 0 saturated carbocycles. The number of hydrogen-bond donors (Lipinski definition) is 1. The van der Waals surface area contributed by atoms with Gasteiger partial charge in [0.1, 0.15) is 6.54 Å². The highest BCUT2D eigenvalue weighted by molar-refractivity contribution is 7.16. The lowest BCUT2D eigenvalue weighted by molar-refractivity contribution is -0.137. The Hall–Kier alpha value is -1.95. The van der Waals surface area contributed by atoms with Crippen molar-refractivity contribution in [3.05, 3.63) is 29.1 Å². The second-order valence-electron chi connectivity index (χ2n) is 5.50. The van der Waals surface area contributed by atoms with Gasteiger partial charge in [-0.2, -0.15) is 4.99 Å². The van der Waals surface area contributed by atoms with E-state index in [1.54, 1.807) is 25.3 Å². The highest BCUT2D eigenvalue weighted by atomic mass is 32.1. The molecular weight excluding hydrogens is 276 g/mol. The van der Waals surface area contributed by atoms with Gasteiger partial charge in [-0.15, -0.1) is 0 Å². The zero-order valence-electron chi connectivity index (χ0n) is 11.6. The minimum atomic E-state index is -0.960. The van der Waals surface area contributed by atoms with Gasteiger partial charge in [0.15, 0.2) is 4.80 Å². The Morgan fingerprint density at radius 3 is 2.55 bits per heavy atom. The smallest absolute Gasteiger partial charge is 0.323 e. The van der Waals surface area contributed by atoms with Gasteiger partial charge in [0.2, 0.25) is 0 Å². The van der Waals surface area contributed by atoms with Gasteiger partial charge in [0.25, 0.3) is 5.91 Å². The molecule has 5 nitrogen and oxygen atoms in total. The first kappa shape index (κ1) is 14.5. The third-order valence-electron chi connectivity index (χ3n) is 2.72. The van der Waals surface area contributed by atoms with E-state index in [9.17, 15) is 9.59 Å². The van der Waals surface area contributed by atoms with E-state index in [1.807, 2.05) is 24.3 Å². The summed E-state index contributed by atoms with van der Waals surface area (Å²) in [6.07, 6.45) is 0. The minimum absolute atomic E-state index is 0.208. The average molecular weight is 292 g/mol. The van der Waals surface area contributed by atoms with Gasteiger partial charge in [-0.1, -0.05) is 44.2 Å². The number of nitrogens with zero attached hydrogens (tertiary/aromatic N) is 2. The summed E-state index contributed by atoms with van der Waals surface area (Å²) in [6.45, 7) is 5.15. The fourth-order valence-electron chi connectivity index (χ4n) is 1.65. The van der Waals surface area contributed by atoms with Crippen LogP contribution >= 0.6 is 11.3 Å². The number of carboxylic acid groups (broad SMARTS) is 1. The molecule has 0 aliphatic carbocycles. The highest BCUT2D eigenvalue weighted by Gasteiger charge is 2.21. The molecule has 1 N–H and O–H groups in total. The molecule has 1 heterocycles. The van der Waals surface area contributed by atoms with E-state index in [-0.39, 0.29) is 12.5 Å². The highest BCUT2D eigenvalue weighted by Crippen LogP contribution is 2.18. The van der Waals surface area contributed by atoms with E-state index < -0.39 is 11.4 Å². The maximum atomic E-state index is 12.0. The molecule has 0 aliphatic heterocycles. The van der Waals surface area contributed by atoms with Crippen LogP contribution in [0.2, 0.25) is 0 Å². The zero-order valence-corrected chi connectivity index (χ0v) is 12.4. The number of amides is 1. The van der Waals surface area contributed by atoms with Crippen LogP contribution in [0.25, 0.3) is 10.2 Å². The third-order valence-corrected chi connectivity index (χ3v) is 3.78. The molecule has 0 aliphatic rings. The lowest BCUT2D eigenvalue weighted by atomic mass is 9.96. The second-order valence-corrected chi connectivity index (χ2v) is 6.51. The number of carboxylic acids is 1. The first-order valence-electron chi connectivity index (χ1n) is 6.18. The fraction of sp³-hybridized carbons (Fsp3) is 0.357. The average Bonchev–Trinajstić information content (AvgIpc) is 2.66. The van der Waals surface area contributed by atoms with E-state index in [1.165, 1.54) is 11.3 Å². The predicted octanol–water partition coefficient (Wildman–Crippen LogP) is 2.26. The van der Waals surface area contributed by atoms with Crippen LogP contribution in [0.15, 0.2) is 29.3 Å². The van der Waals surface area contributed by atoms with Crippen LogP contribution in [-0.2, 0) is 16.1 Å². The van der Waals surface area contributed by atoms with E-state index >= 15 is 0 Å². The number of rotatable bonds is 2. The molecule has 0 fully saturated rings. The summed E-state index contributed by atoms with van der Waals surface area (Å²) in [7, 11) is 0. The number of aromatic nitrogens is 1. The van der Waals surface area contributed by atoms with Crippen molar-refractivity contribution < 1.29 is 14.7 Å². The van der Waals surface area contributed by atoms with Crippen molar-refractivity contribution in [2.24, 2.45) is 10.4 Å². The third kappa shape index (κ3) is 2.96. The number of fused-ring (bicyclic) bond motifs is 1. The number of thiazole rings is 1. The monoisotopic (exact) mass is 292 g/mol. The number of para-hydroxylation sites is 1. The molecule has 0 spiro atoms. The van der Waals surface area contributed by atoms with Gasteiger partial charge in [0.05, 0.1) is 10.2 Å². The Labute approximate surface area is 120 Å². The van der Waals surface area contributed by atoms with Crippen LogP contribution in [0.5, 0.6) is 0 Å². The number of aliphatic carboxylic acids is 1. The summed E-state index contributed by atoms with van der Waals surface area (Å²) < 4.78 is 2.47. The molecule has 1 aromatic heterocycles. The first-order chi connectivity index (χ1) is 9.29. The molecule has 2 aromatic rings. The molecule has 2 rings (SSSR count). The molecule has 20 heavy (non-hydrogen) atoms. The Bertz CT molecular complexity index is 735. The van der Waals surface area contributed by atoms with Crippen LogP contribution in [0.1, 0.15) is 20.8 Å². The van der Waals surface area contributed by atoms with E-state index in [0.29, 0.717) is 4.80 Å². The van der Waals surface area contributed by atoms with Crippen LogP contribution in [0.3, 0.4) is 0 Å². The SMILES string of the molecule is CC(C)(C)C(=O)/N=c1\sc2ccccc2n1CC(=O)O. The minimum Gasteiger partial charge on any atom is -0.480 e. The van der Waals surface area contributed by atoms with Gasteiger partial charge in [-0.3, -0.25) is 9.59 Å². The van der Waals surface area contributed by atoms with E-state index in [2.05, 4.69) is 4.99 Å². The molecule has 0 saturated heterocycles. The van der Waals surface area contributed by atoms with Crippen molar-refractivity contribution in [3.63, 3.8) is 0 Å². The standard InChI is InChI=1S/C14H16N2O3S/c1-14(2,3)12(19)15-13-16(8-11(17)18)9-6-4-5-7-10(9)20-13/h4-7H,8H2,1-3H3,(H,17,18)/b15-13-. The van der Waals surface area contributed by atoms with Crippen LogP contribution < -0.4 is 4.80 Å². The van der Waals surface area contributed by atoms with Gasteiger partial charge in [-0.25, -0.2) is 0 Å². The molecule has 106 valence electrons. The van der Waals surface area contributed by atoms with Gasteiger partial charge >= 0.3 is 5.97 Å². The Morgan fingerprint density at radius 2 is 1.95 bits per heavy atom. The molecule has 0 atom stereocenters. The fourth-order valence-corrected chi connectivity index (χ4v) is 2.68. The second kappa shape index (κ2) is 5.20. The van der Waals surface area contributed by atoms with Crippen molar-refractivity contribution in [2.45, 2.75) is 27.3 Å². The van der Waals surface area contributed by atoms with E-state index in [0.717, 1.165) is 10.2 Å². The van der Waals surface area contributed by atoms with Crippen LogP contribution in [0, 0.1) is 5.41 Å². The number of benzene rings is 1. The Kier molecular flexibility index (Phi) is 3.76. The molecule has 0 unspecified atom stereocenters. The number of hydrogen-bond acceptors (Lipinski definition) is 3. The van der Waals surface area contributed by atoms with Crippen LogP contribution in [0.4, 0.5) is 0 Å². The molecule has 0 radical (unpaired) electrons. The lowest BCUT2D eigenvalue weighted by Crippen LogP contribution is -2.25. The normalized spacial score (nSPS) is 12.8. The lowest BCUT2D eigenvalue weighted by Gasteiger charge is -2.11. The summed E-state index contributed by atoms with van der Waals surface area (Å²) >= 11 is 1.32. The van der Waals surface area contributed by atoms with Gasteiger partial charge in [-0.05, 0) is 12.1 Å². The molecule has 6 heteroatoms. The summed E-state index contributed by atoms with van der Waals surface area (Å²) in [5.74, 6) is -1.22. The predicted molar refractivity (Wildman–Crippen MR) is 77.5 cm³/mol. The van der Waals surface area contributed by atoms with Crippen molar-refractivity contribution in [1.82, 2.24) is 4.57 Å². The van der Waals surface area contributed by atoms with Gasteiger partial charge < -0.3 is 9.67 Å². The Balaban J connectivity index is 2.66. The quantitative estimate of drug-likeness (QED) is 0.923. The van der Waals surface area contributed by atoms with Crippen molar-refractivity contribution >= 4 is 33.4 Å².